The van der Waals surface area contributed by atoms with Gasteiger partial charge in [0.25, 0.3) is 0 Å². The first kappa shape index (κ1) is 22.2. The van der Waals surface area contributed by atoms with E-state index < -0.39 is 0 Å². The van der Waals surface area contributed by atoms with Crippen molar-refractivity contribution in [1.29, 1.82) is 0 Å². The molecule has 0 radical (unpaired) electrons. The molecule has 1 aromatic heterocycles. The fourth-order valence-corrected chi connectivity index (χ4v) is 5.15. The molecule has 3 rings (SSSR count). The number of aryl methyl sites for hydroxylation is 1. The summed E-state index contributed by atoms with van der Waals surface area (Å²) in [4.78, 5) is 32.9. The van der Waals surface area contributed by atoms with Crippen molar-refractivity contribution in [2.24, 2.45) is 5.92 Å². The molecule has 2 aliphatic heterocycles. The zero-order chi connectivity index (χ0) is 21.1. The van der Waals surface area contributed by atoms with Crippen LogP contribution in [-0.4, -0.2) is 77.8 Å². The fourth-order valence-electron chi connectivity index (χ4n) is 5.15. The summed E-state index contributed by atoms with van der Waals surface area (Å²) in [7, 11) is 0. The highest BCUT2D eigenvalue weighted by Gasteiger charge is 2.28. The van der Waals surface area contributed by atoms with Crippen molar-refractivity contribution in [1.82, 2.24) is 14.8 Å². The van der Waals surface area contributed by atoms with Gasteiger partial charge in [-0.05, 0) is 71.5 Å². The van der Waals surface area contributed by atoms with Crippen LogP contribution in [0.15, 0.2) is 0 Å². The number of H-pyrrole nitrogens is 1. The van der Waals surface area contributed by atoms with Gasteiger partial charge in [0.05, 0.1) is 24.4 Å². The molecule has 2 saturated heterocycles. The SMILES string of the molecule is CCc1c(C(=O)CN2CCC(CN3CC(C)OC(C)C3)CC2)[nH]c(C)c1C(C)=O. The lowest BCUT2D eigenvalue weighted by Crippen LogP contribution is -2.48. The van der Waals surface area contributed by atoms with Gasteiger partial charge in [0.15, 0.2) is 11.6 Å². The maximum absolute atomic E-state index is 12.9. The fraction of sp³-hybridized carbons (Fsp3) is 0.739. The monoisotopic (exact) mass is 403 g/mol. The Morgan fingerprint density at radius 2 is 1.72 bits per heavy atom. The quantitative estimate of drug-likeness (QED) is 0.709. The lowest BCUT2D eigenvalue weighted by Gasteiger charge is -2.39. The summed E-state index contributed by atoms with van der Waals surface area (Å²) in [5, 5.41) is 0. The molecule has 0 bridgehead atoms. The summed E-state index contributed by atoms with van der Waals surface area (Å²) < 4.78 is 5.84. The van der Waals surface area contributed by atoms with E-state index in [0.29, 0.717) is 42.3 Å². The molecule has 2 aliphatic rings. The average molecular weight is 404 g/mol. The van der Waals surface area contributed by atoms with E-state index in [4.69, 9.17) is 4.74 Å². The Labute approximate surface area is 175 Å². The van der Waals surface area contributed by atoms with Gasteiger partial charge >= 0.3 is 0 Å². The normalized spacial score (nSPS) is 24.7. The summed E-state index contributed by atoms with van der Waals surface area (Å²) >= 11 is 0. The third-order valence-electron chi connectivity index (χ3n) is 6.36. The summed E-state index contributed by atoms with van der Waals surface area (Å²) in [5.41, 5.74) is 3.02. The Morgan fingerprint density at radius 1 is 1.10 bits per heavy atom. The number of carbonyl (C=O) groups excluding carboxylic acids is 2. The van der Waals surface area contributed by atoms with Crippen molar-refractivity contribution in [3.05, 3.63) is 22.5 Å². The van der Waals surface area contributed by atoms with Crippen molar-refractivity contribution in [3.8, 4) is 0 Å². The molecule has 1 N–H and O–H groups in total. The standard InChI is InChI=1S/C23H37N3O3/c1-6-20-22(18(5)27)17(4)24-23(20)21(28)14-25-9-7-19(8-10-25)13-26-11-15(2)29-16(3)12-26/h15-16,19,24H,6-14H2,1-5H3. The molecule has 29 heavy (non-hydrogen) atoms. The Balaban J connectivity index is 1.53. The van der Waals surface area contributed by atoms with Crippen LogP contribution in [0.2, 0.25) is 0 Å². The van der Waals surface area contributed by atoms with Gasteiger partial charge in [-0.15, -0.1) is 0 Å². The van der Waals surface area contributed by atoms with E-state index in [1.807, 2.05) is 13.8 Å². The number of ketones is 2. The highest BCUT2D eigenvalue weighted by molar-refractivity contribution is 6.04. The molecule has 0 amide bonds. The van der Waals surface area contributed by atoms with Crippen molar-refractivity contribution in [3.63, 3.8) is 0 Å². The summed E-state index contributed by atoms with van der Waals surface area (Å²) in [6, 6.07) is 0. The third-order valence-corrected chi connectivity index (χ3v) is 6.36. The third kappa shape index (κ3) is 5.36. The van der Waals surface area contributed by atoms with Crippen molar-refractivity contribution in [2.75, 3.05) is 39.3 Å². The van der Waals surface area contributed by atoms with Gasteiger partial charge in [0.2, 0.25) is 0 Å². The zero-order valence-corrected chi connectivity index (χ0v) is 18.7. The minimum absolute atomic E-state index is 0.0298. The van der Waals surface area contributed by atoms with Gasteiger partial charge in [-0.2, -0.15) is 0 Å². The number of morpholine rings is 1. The number of nitrogens with zero attached hydrogens (tertiary/aromatic N) is 2. The van der Waals surface area contributed by atoms with Crippen molar-refractivity contribution in [2.45, 2.75) is 66.1 Å². The van der Waals surface area contributed by atoms with E-state index in [9.17, 15) is 9.59 Å². The van der Waals surface area contributed by atoms with Crippen LogP contribution in [0.1, 0.15) is 72.6 Å². The van der Waals surface area contributed by atoms with E-state index in [1.54, 1.807) is 6.92 Å². The highest BCUT2D eigenvalue weighted by atomic mass is 16.5. The average Bonchev–Trinajstić information content (AvgIpc) is 2.99. The summed E-state index contributed by atoms with van der Waals surface area (Å²) in [6.07, 6.45) is 3.59. The van der Waals surface area contributed by atoms with E-state index in [2.05, 4.69) is 28.6 Å². The molecule has 3 heterocycles. The molecule has 2 unspecified atom stereocenters. The first-order chi connectivity index (χ1) is 13.8. The molecule has 0 aromatic carbocycles. The zero-order valence-electron chi connectivity index (χ0n) is 18.7. The molecule has 6 nitrogen and oxygen atoms in total. The van der Waals surface area contributed by atoms with Gasteiger partial charge < -0.3 is 9.72 Å². The number of Topliss-reactive ketones (excluding diaryl/α,β-unsaturated/α-hetero) is 2. The van der Waals surface area contributed by atoms with Gasteiger partial charge in [-0.1, -0.05) is 6.92 Å². The van der Waals surface area contributed by atoms with Crippen LogP contribution < -0.4 is 0 Å². The van der Waals surface area contributed by atoms with Crippen LogP contribution in [0.5, 0.6) is 0 Å². The summed E-state index contributed by atoms with van der Waals surface area (Å²) in [6.45, 7) is 15.3. The second kappa shape index (κ2) is 9.54. The highest BCUT2D eigenvalue weighted by Crippen LogP contribution is 2.23. The molecular weight excluding hydrogens is 366 g/mol. The van der Waals surface area contributed by atoms with E-state index in [-0.39, 0.29) is 11.6 Å². The minimum Gasteiger partial charge on any atom is -0.373 e. The van der Waals surface area contributed by atoms with Crippen LogP contribution in [0.4, 0.5) is 0 Å². The molecule has 2 fully saturated rings. The van der Waals surface area contributed by atoms with Crippen molar-refractivity contribution >= 4 is 11.6 Å². The van der Waals surface area contributed by atoms with Crippen LogP contribution in [0.3, 0.4) is 0 Å². The van der Waals surface area contributed by atoms with Gasteiger partial charge in [-0.3, -0.25) is 19.4 Å². The Morgan fingerprint density at radius 3 is 2.28 bits per heavy atom. The van der Waals surface area contributed by atoms with Crippen molar-refractivity contribution < 1.29 is 14.3 Å². The lowest BCUT2D eigenvalue weighted by atomic mass is 9.95. The number of ether oxygens (including phenoxy) is 1. The van der Waals surface area contributed by atoms with Gasteiger partial charge in [0, 0.05) is 30.9 Å². The largest absolute Gasteiger partial charge is 0.373 e. The van der Waals surface area contributed by atoms with Crippen LogP contribution >= 0.6 is 0 Å². The second-order valence-electron chi connectivity index (χ2n) is 9.01. The minimum atomic E-state index is 0.0298. The first-order valence-corrected chi connectivity index (χ1v) is 11.1. The number of rotatable bonds is 7. The first-order valence-electron chi connectivity index (χ1n) is 11.1. The predicted octanol–water partition coefficient (Wildman–Crippen LogP) is 3.09. The number of carbonyl (C=O) groups is 2. The van der Waals surface area contributed by atoms with E-state index >= 15 is 0 Å². The molecule has 162 valence electrons. The number of piperidine rings is 1. The van der Waals surface area contributed by atoms with Gasteiger partial charge in [-0.25, -0.2) is 0 Å². The molecule has 0 aliphatic carbocycles. The molecule has 2 atom stereocenters. The number of likely N-dealkylation sites (tertiary alicyclic amines) is 1. The van der Waals surface area contributed by atoms with Crippen LogP contribution in [-0.2, 0) is 11.2 Å². The van der Waals surface area contributed by atoms with Crippen LogP contribution in [0, 0.1) is 12.8 Å². The number of aromatic amines is 1. The van der Waals surface area contributed by atoms with Crippen LogP contribution in [0.25, 0.3) is 0 Å². The number of hydrogen-bond acceptors (Lipinski definition) is 5. The maximum atomic E-state index is 12.9. The lowest BCUT2D eigenvalue weighted by molar-refractivity contribution is -0.0731. The molecule has 0 saturated carbocycles. The number of hydrogen-bond donors (Lipinski definition) is 1. The Hall–Kier alpha value is -1.50. The second-order valence-corrected chi connectivity index (χ2v) is 9.01. The Bertz CT molecular complexity index is 724. The summed E-state index contributed by atoms with van der Waals surface area (Å²) in [5.74, 6) is 0.830. The Kier molecular flexibility index (Phi) is 7.30. The maximum Gasteiger partial charge on any atom is 0.193 e. The topological polar surface area (TPSA) is 65.6 Å². The molecule has 0 spiro atoms. The molecular formula is C23H37N3O3. The predicted molar refractivity (Wildman–Crippen MR) is 115 cm³/mol. The van der Waals surface area contributed by atoms with E-state index in [1.165, 1.54) is 0 Å². The molecule has 6 heteroatoms. The number of nitrogens with one attached hydrogen (secondary N) is 1. The molecule has 1 aromatic rings. The van der Waals surface area contributed by atoms with Gasteiger partial charge in [0.1, 0.15) is 0 Å². The van der Waals surface area contributed by atoms with E-state index in [0.717, 1.165) is 56.8 Å². The number of aromatic nitrogens is 1. The smallest absolute Gasteiger partial charge is 0.193 e.